The molecule has 1 unspecified atom stereocenters. The van der Waals surface area contributed by atoms with Crippen LogP contribution in [0.1, 0.15) is 66.8 Å². The zero-order chi connectivity index (χ0) is 30.7. The Labute approximate surface area is 266 Å². The molecule has 0 radical (unpaired) electrons. The number of unbranched alkanes of at least 4 members (excludes halogenated alkanes) is 3. The maximum atomic E-state index is 5.39. The molecular weight excluding hydrogens is 540 g/mol. The van der Waals surface area contributed by atoms with E-state index < -0.39 is 0 Å². The van der Waals surface area contributed by atoms with E-state index in [0.29, 0.717) is 6.04 Å². The van der Waals surface area contributed by atoms with Gasteiger partial charge < -0.3 is 14.8 Å². The molecule has 0 aliphatic rings. The van der Waals surface area contributed by atoms with Crippen molar-refractivity contribution in [3.63, 3.8) is 0 Å². The van der Waals surface area contributed by atoms with Crippen molar-refractivity contribution in [3.8, 4) is 11.5 Å². The van der Waals surface area contributed by atoms with Crippen LogP contribution in [0, 0.1) is 0 Å². The highest BCUT2D eigenvalue weighted by molar-refractivity contribution is 5.29. The number of aryl methyl sites for hydroxylation is 1. The van der Waals surface area contributed by atoms with Crippen molar-refractivity contribution in [3.05, 3.63) is 131 Å². The summed E-state index contributed by atoms with van der Waals surface area (Å²) < 4.78 is 10.8. The molecule has 4 rings (SSSR count). The minimum Gasteiger partial charge on any atom is -0.497 e. The van der Waals surface area contributed by atoms with Gasteiger partial charge in [-0.3, -0.25) is 4.90 Å². The summed E-state index contributed by atoms with van der Waals surface area (Å²) in [7, 11) is 3.46. The normalized spacial score (nSPS) is 11.9. The fourth-order valence-electron chi connectivity index (χ4n) is 5.96. The smallest absolute Gasteiger partial charge is 0.119 e. The summed E-state index contributed by atoms with van der Waals surface area (Å²) in [5.41, 5.74) is 5.57. The highest BCUT2D eigenvalue weighted by Crippen LogP contribution is 2.28. The Kier molecular flexibility index (Phi) is 14.9. The molecule has 0 amide bonds. The number of methoxy groups -OCH3 is 2. The average Bonchev–Trinajstić information content (AvgIpc) is 3.08. The molecular formula is C40H52N2O2. The summed E-state index contributed by atoms with van der Waals surface area (Å²) in [6, 6.07) is 39.5. The molecule has 0 spiro atoms. The van der Waals surface area contributed by atoms with Gasteiger partial charge in [-0.2, -0.15) is 0 Å². The van der Waals surface area contributed by atoms with Crippen molar-refractivity contribution in [1.82, 2.24) is 10.2 Å². The second-order valence-electron chi connectivity index (χ2n) is 11.7. The summed E-state index contributed by atoms with van der Waals surface area (Å²) in [5.74, 6) is 1.85. The van der Waals surface area contributed by atoms with E-state index in [9.17, 15) is 0 Å². The van der Waals surface area contributed by atoms with E-state index in [1.54, 1.807) is 14.2 Å². The van der Waals surface area contributed by atoms with Crippen LogP contribution in [0.25, 0.3) is 0 Å². The first-order valence-corrected chi connectivity index (χ1v) is 16.5. The predicted octanol–water partition coefficient (Wildman–Crippen LogP) is 8.71. The molecule has 0 saturated heterocycles. The standard InChI is InChI=1S/C40H52N2O2/c1-43-38-25-23-35(24-26-38)28-32-42(31-13-5-8-17-34-15-6-3-7-16-34)40(37-19-9-4-10-20-37)22-11-12-29-41-30-27-36-18-14-21-39(33-36)44-2/h3-4,6-7,9-10,14-16,18-21,23-26,33,40-41H,5,8,11-13,17,22,27-32H2,1-2H3. The molecule has 0 saturated carbocycles. The van der Waals surface area contributed by atoms with Crippen LogP contribution >= 0.6 is 0 Å². The number of ether oxygens (including phenoxy) is 2. The zero-order valence-electron chi connectivity index (χ0n) is 26.9. The second-order valence-corrected chi connectivity index (χ2v) is 11.7. The van der Waals surface area contributed by atoms with Gasteiger partial charge in [-0.05, 0) is 111 Å². The average molecular weight is 593 g/mol. The van der Waals surface area contributed by atoms with Gasteiger partial charge in [0.2, 0.25) is 0 Å². The van der Waals surface area contributed by atoms with Crippen molar-refractivity contribution in [2.75, 3.05) is 40.4 Å². The van der Waals surface area contributed by atoms with Gasteiger partial charge in [0, 0.05) is 12.6 Å². The van der Waals surface area contributed by atoms with Crippen LogP contribution in [0.3, 0.4) is 0 Å². The highest BCUT2D eigenvalue weighted by Gasteiger charge is 2.20. The molecule has 0 aliphatic carbocycles. The molecule has 44 heavy (non-hydrogen) atoms. The lowest BCUT2D eigenvalue weighted by Gasteiger charge is -2.33. The van der Waals surface area contributed by atoms with Gasteiger partial charge in [0.15, 0.2) is 0 Å². The van der Waals surface area contributed by atoms with E-state index in [2.05, 4.69) is 113 Å². The molecule has 0 heterocycles. The largest absolute Gasteiger partial charge is 0.497 e. The van der Waals surface area contributed by atoms with E-state index >= 15 is 0 Å². The molecule has 0 fully saturated rings. The molecule has 0 bridgehead atoms. The lowest BCUT2D eigenvalue weighted by atomic mass is 9.97. The summed E-state index contributed by atoms with van der Waals surface area (Å²) in [6.45, 7) is 4.23. The Morgan fingerprint density at radius 2 is 1.25 bits per heavy atom. The number of hydrogen-bond acceptors (Lipinski definition) is 4. The van der Waals surface area contributed by atoms with Gasteiger partial charge in [-0.25, -0.2) is 0 Å². The van der Waals surface area contributed by atoms with Gasteiger partial charge in [-0.1, -0.05) is 97.8 Å². The van der Waals surface area contributed by atoms with E-state index in [1.807, 2.05) is 6.07 Å². The Morgan fingerprint density at radius 3 is 2.00 bits per heavy atom. The number of nitrogens with one attached hydrogen (secondary N) is 1. The highest BCUT2D eigenvalue weighted by atomic mass is 16.5. The van der Waals surface area contributed by atoms with Crippen LogP contribution < -0.4 is 14.8 Å². The van der Waals surface area contributed by atoms with Gasteiger partial charge >= 0.3 is 0 Å². The molecule has 4 nitrogen and oxygen atoms in total. The van der Waals surface area contributed by atoms with Crippen LogP contribution in [-0.2, 0) is 19.3 Å². The minimum atomic E-state index is 0.431. The molecule has 0 aromatic heterocycles. The van der Waals surface area contributed by atoms with E-state index in [-0.39, 0.29) is 0 Å². The first-order chi connectivity index (χ1) is 21.7. The van der Waals surface area contributed by atoms with Crippen LogP contribution in [0.15, 0.2) is 109 Å². The summed E-state index contributed by atoms with van der Waals surface area (Å²) in [6.07, 6.45) is 10.5. The lowest BCUT2D eigenvalue weighted by Crippen LogP contribution is -2.32. The molecule has 4 aromatic rings. The van der Waals surface area contributed by atoms with Gasteiger partial charge in [0.05, 0.1) is 14.2 Å². The first kappa shape index (κ1) is 33.3. The van der Waals surface area contributed by atoms with Crippen molar-refractivity contribution in [2.45, 2.75) is 63.8 Å². The van der Waals surface area contributed by atoms with E-state index in [1.165, 1.54) is 67.2 Å². The summed E-state index contributed by atoms with van der Waals surface area (Å²) in [4.78, 5) is 2.76. The Hall–Kier alpha value is -3.60. The Balaban J connectivity index is 1.31. The monoisotopic (exact) mass is 592 g/mol. The van der Waals surface area contributed by atoms with Gasteiger partial charge in [0.25, 0.3) is 0 Å². The maximum Gasteiger partial charge on any atom is 0.119 e. The fourth-order valence-corrected chi connectivity index (χ4v) is 5.96. The summed E-state index contributed by atoms with van der Waals surface area (Å²) >= 11 is 0. The predicted molar refractivity (Wildman–Crippen MR) is 185 cm³/mol. The molecule has 0 aliphatic heterocycles. The maximum absolute atomic E-state index is 5.39. The Bertz CT molecular complexity index is 1290. The van der Waals surface area contributed by atoms with E-state index in [4.69, 9.17) is 9.47 Å². The first-order valence-electron chi connectivity index (χ1n) is 16.5. The third kappa shape index (κ3) is 11.8. The van der Waals surface area contributed by atoms with E-state index in [0.717, 1.165) is 50.5 Å². The number of benzene rings is 4. The number of rotatable bonds is 21. The number of hydrogen-bond donors (Lipinski definition) is 1. The van der Waals surface area contributed by atoms with Crippen LogP contribution in [0.4, 0.5) is 0 Å². The van der Waals surface area contributed by atoms with Crippen LogP contribution in [-0.4, -0.2) is 45.3 Å². The molecule has 1 atom stereocenters. The van der Waals surface area contributed by atoms with Crippen molar-refractivity contribution in [1.29, 1.82) is 0 Å². The SMILES string of the molecule is COc1ccc(CCN(CCCCCc2ccccc2)C(CCCCNCCc2cccc(OC)c2)c2ccccc2)cc1. The minimum absolute atomic E-state index is 0.431. The lowest BCUT2D eigenvalue weighted by molar-refractivity contribution is 0.182. The molecule has 234 valence electrons. The van der Waals surface area contributed by atoms with Crippen LogP contribution in [0.2, 0.25) is 0 Å². The van der Waals surface area contributed by atoms with Crippen molar-refractivity contribution < 1.29 is 9.47 Å². The Morgan fingerprint density at radius 1 is 0.545 bits per heavy atom. The topological polar surface area (TPSA) is 33.7 Å². The van der Waals surface area contributed by atoms with Crippen molar-refractivity contribution in [2.24, 2.45) is 0 Å². The van der Waals surface area contributed by atoms with Gasteiger partial charge in [0.1, 0.15) is 11.5 Å². The zero-order valence-corrected chi connectivity index (χ0v) is 26.9. The van der Waals surface area contributed by atoms with Crippen LogP contribution in [0.5, 0.6) is 11.5 Å². The number of nitrogens with zero attached hydrogens (tertiary/aromatic N) is 1. The third-order valence-electron chi connectivity index (χ3n) is 8.53. The summed E-state index contributed by atoms with van der Waals surface area (Å²) in [5, 5.41) is 3.67. The third-order valence-corrected chi connectivity index (χ3v) is 8.53. The second kappa shape index (κ2) is 19.6. The molecule has 4 aromatic carbocycles. The molecule has 4 heteroatoms. The quantitative estimate of drug-likeness (QED) is 0.0982. The van der Waals surface area contributed by atoms with Crippen molar-refractivity contribution >= 4 is 0 Å². The molecule has 1 N–H and O–H groups in total. The fraction of sp³-hybridized carbons (Fsp3) is 0.400. The van der Waals surface area contributed by atoms with Gasteiger partial charge in [-0.15, -0.1) is 0 Å².